The van der Waals surface area contributed by atoms with E-state index in [2.05, 4.69) is 16.2 Å². The molecular weight excluding hydrogens is 102 g/mol. The fourth-order valence-corrected chi connectivity index (χ4v) is 0.253. The maximum atomic E-state index is 2.96. The van der Waals surface area contributed by atoms with Gasteiger partial charge in [-0.3, -0.25) is 0 Å². The van der Waals surface area contributed by atoms with Crippen molar-refractivity contribution in [2.75, 3.05) is 14.1 Å². The van der Waals surface area contributed by atoms with Gasteiger partial charge >= 0.3 is 0 Å². The summed E-state index contributed by atoms with van der Waals surface area (Å²) in [6.45, 7) is 1.98. The molecule has 0 spiro atoms. The lowest BCUT2D eigenvalue weighted by Crippen LogP contribution is -2.22. The molecule has 0 aliphatic carbocycles. The largest absolute Gasteiger partial charge is 0.390 e. The second-order valence-corrected chi connectivity index (χ2v) is 1.47. The van der Waals surface area contributed by atoms with E-state index in [1.807, 2.05) is 27.2 Å². The molecule has 0 aromatic rings. The molecule has 48 valence electrons. The van der Waals surface area contributed by atoms with E-state index in [0.29, 0.717) is 0 Å². The van der Waals surface area contributed by atoms with Crippen LogP contribution in [0, 0.1) is 0 Å². The van der Waals surface area contributed by atoms with Gasteiger partial charge in [0.25, 0.3) is 0 Å². The van der Waals surface area contributed by atoms with Crippen molar-refractivity contribution in [1.82, 2.24) is 16.2 Å². The van der Waals surface area contributed by atoms with Crippen molar-refractivity contribution in [3.05, 3.63) is 11.9 Å². The average molecular weight is 115 g/mol. The Morgan fingerprint density at radius 2 is 2.00 bits per heavy atom. The molecule has 0 atom stereocenters. The Balaban J connectivity index is 3.26. The molecule has 0 aromatic carbocycles. The molecule has 3 N–H and O–H groups in total. The molecule has 0 rings (SSSR count). The molecule has 0 aliphatic rings. The summed E-state index contributed by atoms with van der Waals surface area (Å²) >= 11 is 0. The van der Waals surface area contributed by atoms with Crippen LogP contribution >= 0.6 is 0 Å². The van der Waals surface area contributed by atoms with Gasteiger partial charge in [-0.2, -0.15) is 0 Å². The summed E-state index contributed by atoms with van der Waals surface area (Å²) in [5.74, 6) is 0. The maximum Gasteiger partial charge on any atom is 0.0312 e. The van der Waals surface area contributed by atoms with Gasteiger partial charge in [-0.05, 0) is 6.92 Å². The number of allylic oxidation sites excluding steroid dienone is 1. The molecule has 3 nitrogen and oxygen atoms in total. The molecule has 8 heavy (non-hydrogen) atoms. The fourth-order valence-electron chi connectivity index (χ4n) is 0.253. The summed E-state index contributed by atoms with van der Waals surface area (Å²) in [5.41, 5.74) is 6.69. The SMILES string of the molecule is CNN/C=C(/C)NC. The molecule has 3 heteroatoms. The molecular formula is C5H13N3. The Hall–Kier alpha value is -0.700. The van der Waals surface area contributed by atoms with Crippen molar-refractivity contribution in [2.45, 2.75) is 6.92 Å². The van der Waals surface area contributed by atoms with Crippen molar-refractivity contribution in [3.8, 4) is 0 Å². The zero-order chi connectivity index (χ0) is 6.41. The molecule has 0 fully saturated rings. The quantitative estimate of drug-likeness (QED) is 0.445. The third-order valence-electron chi connectivity index (χ3n) is 0.827. The van der Waals surface area contributed by atoms with E-state index >= 15 is 0 Å². The number of hydrogen-bond donors (Lipinski definition) is 3. The minimum Gasteiger partial charge on any atom is -0.390 e. The minimum atomic E-state index is 1.10. The molecule has 0 unspecified atom stereocenters. The fraction of sp³-hybridized carbons (Fsp3) is 0.600. The average Bonchev–Trinajstić information content (AvgIpc) is 1.83. The van der Waals surface area contributed by atoms with Gasteiger partial charge in [-0.15, -0.1) is 0 Å². The van der Waals surface area contributed by atoms with E-state index in [9.17, 15) is 0 Å². The molecule has 0 aliphatic heterocycles. The maximum absolute atomic E-state index is 2.96. The second kappa shape index (κ2) is 4.46. The van der Waals surface area contributed by atoms with Crippen molar-refractivity contribution in [3.63, 3.8) is 0 Å². The molecule has 0 saturated heterocycles. The monoisotopic (exact) mass is 115 g/mol. The lowest BCUT2D eigenvalue weighted by atomic mass is 10.5. The molecule has 0 bridgehead atoms. The van der Waals surface area contributed by atoms with Crippen LogP contribution < -0.4 is 16.2 Å². The summed E-state index contributed by atoms with van der Waals surface area (Å²) in [7, 11) is 3.70. The van der Waals surface area contributed by atoms with E-state index in [0.717, 1.165) is 5.70 Å². The summed E-state index contributed by atoms with van der Waals surface area (Å²) in [5, 5.41) is 2.96. The Kier molecular flexibility index (Phi) is 4.07. The summed E-state index contributed by atoms with van der Waals surface area (Å²) in [6, 6.07) is 0. The molecule has 0 amide bonds. The summed E-state index contributed by atoms with van der Waals surface area (Å²) in [4.78, 5) is 0. The molecule has 0 saturated carbocycles. The zero-order valence-electron chi connectivity index (χ0n) is 5.58. The Morgan fingerprint density at radius 1 is 1.38 bits per heavy atom. The van der Waals surface area contributed by atoms with Crippen LogP contribution in [0.25, 0.3) is 0 Å². The first-order valence-electron chi connectivity index (χ1n) is 2.58. The molecule has 0 radical (unpaired) electrons. The van der Waals surface area contributed by atoms with Crippen molar-refractivity contribution < 1.29 is 0 Å². The van der Waals surface area contributed by atoms with Gasteiger partial charge in [0, 0.05) is 26.0 Å². The number of nitrogens with one attached hydrogen (secondary N) is 3. The van der Waals surface area contributed by atoms with Crippen molar-refractivity contribution >= 4 is 0 Å². The van der Waals surface area contributed by atoms with Crippen molar-refractivity contribution in [1.29, 1.82) is 0 Å². The van der Waals surface area contributed by atoms with Crippen LogP contribution in [0.15, 0.2) is 11.9 Å². The zero-order valence-corrected chi connectivity index (χ0v) is 5.58. The predicted molar refractivity (Wildman–Crippen MR) is 35.0 cm³/mol. The predicted octanol–water partition coefficient (Wildman–Crippen LogP) is -0.209. The third-order valence-corrected chi connectivity index (χ3v) is 0.827. The lowest BCUT2D eigenvalue weighted by molar-refractivity contribution is 0.717. The van der Waals surface area contributed by atoms with Gasteiger partial charge in [0.15, 0.2) is 0 Å². The van der Waals surface area contributed by atoms with Gasteiger partial charge in [0.1, 0.15) is 0 Å². The highest BCUT2D eigenvalue weighted by Gasteiger charge is 1.75. The van der Waals surface area contributed by atoms with Crippen molar-refractivity contribution in [2.24, 2.45) is 0 Å². The van der Waals surface area contributed by atoms with Crippen LogP contribution in [0.5, 0.6) is 0 Å². The third kappa shape index (κ3) is 3.49. The van der Waals surface area contributed by atoms with E-state index < -0.39 is 0 Å². The highest BCUT2D eigenvalue weighted by atomic mass is 15.3. The van der Waals surface area contributed by atoms with Crippen LogP contribution in [-0.4, -0.2) is 14.1 Å². The van der Waals surface area contributed by atoms with Crippen LogP contribution in [-0.2, 0) is 0 Å². The van der Waals surface area contributed by atoms with Crippen LogP contribution in [0.1, 0.15) is 6.92 Å². The Bertz CT molecular complexity index is 77.7. The lowest BCUT2D eigenvalue weighted by Gasteiger charge is -1.99. The number of rotatable bonds is 3. The Morgan fingerprint density at radius 3 is 2.38 bits per heavy atom. The van der Waals surface area contributed by atoms with E-state index in [4.69, 9.17) is 0 Å². The highest BCUT2D eigenvalue weighted by Crippen LogP contribution is 1.75. The second-order valence-electron chi connectivity index (χ2n) is 1.47. The minimum absolute atomic E-state index is 1.10. The normalized spacial score (nSPS) is 11.1. The summed E-state index contributed by atoms with van der Waals surface area (Å²) in [6.07, 6.45) is 1.85. The van der Waals surface area contributed by atoms with Gasteiger partial charge in [0.05, 0.1) is 0 Å². The van der Waals surface area contributed by atoms with E-state index in [-0.39, 0.29) is 0 Å². The van der Waals surface area contributed by atoms with Gasteiger partial charge in [-0.25, -0.2) is 5.43 Å². The van der Waals surface area contributed by atoms with Crippen LogP contribution in [0.4, 0.5) is 0 Å². The van der Waals surface area contributed by atoms with Gasteiger partial charge in [-0.1, -0.05) is 0 Å². The number of hydrazine groups is 1. The molecule has 0 aromatic heterocycles. The van der Waals surface area contributed by atoms with E-state index in [1.54, 1.807) is 0 Å². The highest BCUT2D eigenvalue weighted by molar-refractivity contribution is 4.90. The first-order chi connectivity index (χ1) is 3.81. The standard InChI is InChI=1S/C5H13N3/c1-5(6-2)4-8-7-3/h4,6-8H,1-3H3/b5-4-. The first-order valence-corrected chi connectivity index (χ1v) is 2.58. The Labute approximate surface area is 50.1 Å². The first kappa shape index (κ1) is 7.30. The van der Waals surface area contributed by atoms with Crippen LogP contribution in [0.2, 0.25) is 0 Å². The topological polar surface area (TPSA) is 36.1 Å². The summed E-state index contributed by atoms with van der Waals surface area (Å²) < 4.78 is 0. The van der Waals surface area contributed by atoms with Gasteiger partial charge < -0.3 is 10.7 Å². The van der Waals surface area contributed by atoms with Crippen LogP contribution in [0.3, 0.4) is 0 Å². The smallest absolute Gasteiger partial charge is 0.0312 e. The van der Waals surface area contributed by atoms with E-state index in [1.165, 1.54) is 0 Å². The van der Waals surface area contributed by atoms with Gasteiger partial charge in [0.2, 0.25) is 0 Å². The molecule has 0 heterocycles. The number of hydrogen-bond acceptors (Lipinski definition) is 3.